The van der Waals surface area contributed by atoms with Crippen molar-refractivity contribution < 1.29 is 14.3 Å². The van der Waals surface area contributed by atoms with E-state index in [2.05, 4.69) is 17.4 Å². The van der Waals surface area contributed by atoms with Crippen LogP contribution in [0.15, 0.2) is 54.6 Å². The normalized spacial score (nSPS) is 14.3. The lowest BCUT2D eigenvalue weighted by Gasteiger charge is -2.33. The van der Waals surface area contributed by atoms with E-state index >= 15 is 0 Å². The first-order valence-electron chi connectivity index (χ1n) is 9.87. The molecule has 0 saturated heterocycles. The molecule has 28 heavy (non-hydrogen) atoms. The summed E-state index contributed by atoms with van der Waals surface area (Å²) in [6.45, 7) is 5.49. The number of hydrogen-bond acceptors (Lipinski definition) is 3. The lowest BCUT2D eigenvalue weighted by atomic mass is 9.97. The second-order valence-corrected chi connectivity index (χ2v) is 7.48. The smallest absolute Gasteiger partial charge is 0.245 e. The highest BCUT2D eigenvalue weighted by atomic mass is 16.5. The van der Waals surface area contributed by atoms with Gasteiger partial charge < -0.3 is 15.0 Å². The number of hydrogen-bond donors (Lipinski definition) is 1. The molecular weight excluding hydrogens is 352 g/mol. The first-order valence-corrected chi connectivity index (χ1v) is 9.87. The Hall–Kier alpha value is -2.82. The maximum absolute atomic E-state index is 13.1. The molecule has 1 N–H and O–H groups in total. The van der Waals surface area contributed by atoms with Crippen molar-refractivity contribution in [2.45, 2.75) is 39.3 Å². The highest BCUT2D eigenvalue weighted by molar-refractivity contribution is 5.88. The van der Waals surface area contributed by atoms with E-state index in [0.29, 0.717) is 13.1 Å². The minimum atomic E-state index is -0.519. The molecule has 0 bridgehead atoms. The molecule has 2 aromatic carbocycles. The van der Waals surface area contributed by atoms with Crippen molar-refractivity contribution in [2.24, 2.45) is 5.92 Å². The van der Waals surface area contributed by atoms with Crippen LogP contribution in [0.2, 0.25) is 0 Å². The molecule has 0 radical (unpaired) electrons. The summed E-state index contributed by atoms with van der Waals surface area (Å²) in [4.78, 5) is 27.3. The molecule has 2 aromatic rings. The maximum Gasteiger partial charge on any atom is 0.245 e. The zero-order chi connectivity index (χ0) is 19.9. The number of para-hydroxylation sites is 1. The standard InChI is InChI=1S/C23H28N2O3/c1-17(2)22(24-21(26)13-15-28-20-10-4-3-5-11-20)23(27)25-14-12-18-8-6-7-9-19(18)16-25/h3-11,17,22H,12-16H2,1-2H3,(H,24,26)/t22-/m1/s1. The summed E-state index contributed by atoms with van der Waals surface area (Å²) in [5.41, 5.74) is 2.49. The lowest BCUT2D eigenvalue weighted by molar-refractivity contribution is -0.138. The third kappa shape index (κ3) is 5.12. The summed E-state index contributed by atoms with van der Waals surface area (Å²) in [5, 5.41) is 2.91. The molecule has 1 aliphatic rings. The highest BCUT2D eigenvalue weighted by Gasteiger charge is 2.30. The zero-order valence-corrected chi connectivity index (χ0v) is 16.6. The number of amides is 2. The van der Waals surface area contributed by atoms with E-state index in [9.17, 15) is 9.59 Å². The fourth-order valence-corrected chi connectivity index (χ4v) is 3.42. The summed E-state index contributed by atoms with van der Waals surface area (Å²) in [6.07, 6.45) is 1.07. The number of fused-ring (bicyclic) bond motifs is 1. The van der Waals surface area contributed by atoms with Crippen LogP contribution in [0.3, 0.4) is 0 Å². The quantitative estimate of drug-likeness (QED) is 0.803. The molecule has 0 saturated carbocycles. The van der Waals surface area contributed by atoms with Gasteiger partial charge in [-0.15, -0.1) is 0 Å². The van der Waals surface area contributed by atoms with Crippen molar-refractivity contribution in [1.29, 1.82) is 0 Å². The Morgan fingerprint density at radius 1 is 1.04 bits per heavy atom. The molecule has 0 spiro atoms. The van der Waals surface area contributed by atoms with Gasteiger partial charge in [0, 0.05) is 13.1 Å². The molecule has 0 unspecified atom stereocenters. The second kappa shape index (κ2) is 9.40. The molecule has 5 heteroatoms. The molecule has 1 atom stereocenters. The second-order valence-electron chi connectivity index (χ2n) is 7.48. The third-order valence-corrected chi connectivity index (χ3v) is 5.03. The van der Waals surface area contributed by atoms with Gasteiger partial charge in [-0.3, -0.25) is 9.59 Å². The number of nitrogens with one attached hydrogen (secondary N) is 1. The van der Waals surface area contributed by atoms with Gasteiger partial charge in [0.15, 0.2) is 0 Å². The highest BCUT2D eigenvalue weighted by Crippen LogP contribution is 2.20. The number of benzene rings is 2. The maximum atomic E-state index is 13.1. The summed E-state index contributed by atoms with van der Waals surface area (Å²) in [7, 11) is 0. The predicted molar refractivity (Wildman–Crippen MR) is 109 cm³/mol. The van der Waals surface area contributed by atoms with Crippen LogP contribution in [-0.4, -0.2) is 35.9 Å². The first kappa shape index (κ1) is 19.9. The first-order chi connectivity index (χ1) is 13.5. The van der Waals surface area contributed by atoms with Crippen molar-refractivity contribution in [3.63, 3.8) is 0 Å². The van der Waals surface area contributed by atoms with Crippen LogP contribution in [0.4, 0.5) is 0 Å². The summed E-state index contributed by atoms with van der Waals surface area (Å²) in [5.74, 6) is 0.574. The van der Waals surface area contributed by atoms with E-state index in [1.54, 1.807) is 0 Å². The van der Waals surface area contributed by atoms with Gasteiger partial charge in [0.1, 0.15) is 11.8 Å². The average molecular weight is 380 g/mol. The Labute approximate surface area is 166 Å². The summed E-state index contributed by atoms with van der Waals surface area (Å²) in [6, 6.07) is 17.1. The molecular formula is C23H28N2O3. The van der Waals surface area contributed by atoms with E-state index in [-0.39, 0.29) is 30.8 Å². The third-order valence-electron chi connectivity index (χ3n) is 5.03. The van der Waals surface area contributed by atoms with Crippen molar-refractivity contribution in [3.05, 3.63) is 65.7 Å². The molecule has 1 aliphatic heterocycles. The molecule has 3 rings (SSSR count). The number of ether oxygens (including phenoxy) is 1. The van der Waals surface area contributed by atoms with Gasteiger partial charge in [0.2, 0.25) is 11.8 Å². The van der Waals surface area contributed by atoms with Gasteiger partial charge in [-0.25, -0.2) is 0 Å². The minimum absolute atomic E-state index is 0.0122. The number of rotatable bonds is 7. The Balaban J connectivity index is 1.54. The molecule has 0 fully saturated rings. The Kier molecular flexibility index (Phi) is 6.69. The monoisotopic (exact) mass is 380 g/mol. The Morgan fingerprint density at radius 2 is 1.71 bits per heavy atom. The van der Waals surface area contributed by atoms with Crippen LogP contribution < -0.4 is 10.1 Å². The van der Waals surface area contributed by atoms with E-state index in [4.69, 9.17) is 4.74 Å². The Bertz CT molecular complexity index is 805. The molecule has 5 nitrogen and oxygen atoms in total. The minimum Gasteiger partial charge on any atom is -0.493 e. The van der Waals surface area contributed by atoms with Gasteiger partial charge in [-0.05, 0) is 35.6 Å². The fourth-order valence-electron chi connectivity index (χ4n) is 3.42. The molecule has 148 valence electrons. The molecule has 2 amide bonds. The van der Waals surface area contributed by atoms with E-state index < -0.39 is 6.04 Å². The van der Waals surface area contributed by atoms with Crippen LogP contribution in [0.5, 0.6) is 5.75 Å². The van der Waals surface area contributed by atoms with Crippen LogP contribution in [0.25, 0.3) is 0 Å². The molecule has 0 aromatic heterocycles. The van der Waals surface area contributed by atoms with Crippen LogP contribution in [0, 0.1) is 5.92 Å². The Morgan fingerprint density at radius 3 is 2.43 bits per heavy atom. The number of nitrogens with zero attached hydrogens (tertiary/aromatic N) is 1. The predicted octanol–water partition coefficient (Wildman–Crippen LogP) is 3.18. The summed E-state index contributed by atoms with van der Waals surface area (Å²) < 4.78 is 5.58. The van der Waals surface area contributed by atoms with Gasteiger partial charge in [0.25, 0.3) is 0 Å². The van der Waals surface area contributed by atoms with Crippen molar-refractivity contribution >= 4 is 11.8 Å². The van der Waals surface area contributed by atoms with Crippen LogP contribution in [0.1, 0.15) is 31.4 Å². The average Bonchev–Trinajstić information content (AvgIpc) is 2.71. The van der Waals surface area contributed by atoms with E-state index in [1.807, 2.05) is 61.2 Å². The van der Waals surface area contributed by atoms with Crippen molar-refractivity contribution in [3.8, 4) is 5.75 Å². The SMILES string of the molecule is CC(C)[C@@H](NC(=O)CCOc1ccccc1)C(=O)N1CCc2ccccc2C1. The number of carbonyl (C=O) groups excluding carboxylic acids is 2. The van der Waals surface area contributed by atoms with Crippen LogP contribution >= 0.6 is 0 Å². The van der Waals surface area contributed by atoms with E-state index in [1.165, 1.54) is 11.1 Å². The van der Waals surface area contributed by atoms with Crippen molar-refractivity contribution in [2.75, 3.05) is 13.2 Å². The molecule has 0 aliphatic carbocycles. The van der Waals surface area contributed by atoms with Gasteiger partial charge in [-0.2, -0.15) is 0 Å². The van der Waals surface area contributed by atoms with Gasteiger partial charge >= 0.3 is 0 Å². The largest absolute Gasteiger partial charge is 0.493 e. The van der Waals surface area contributed by atoms with Crippen LogP contribution in [-0.2, 0) is 22.6 Å². The van der Waals surface area contributed by atoms with E-state index in [0.717, 1.165) is 12.2 Å². The van der Waals surface area contributed by atoms with Gasteiger partial charge in [0.05, 0.1) is 13.0 Å². The topological polar surface area (TPSA) is 58.6 Å². The number of carbonyl (C=O) groups is 2. The zero-order valence-electron chi connectivity index (χ0n) is 16.6. The molecule has 1 heterocycles. The van der Waals surface area contributed by atoms with Gasteiger partial charge in [-0.1, -0.05) is 56.3 Å². The fraction of sp³-hybridized carbons (Fsp3) is 0.391. The lowest BCUT2D eigenvalue weighted by Crippen LogP contribution is -2.52. The van der Waals surface area contributed by atoms with Crippen molar-refractivity contribution in [1.82, 2.24) is 10.2 Å². The summed E-state index contributed by atoms with van der Waals surface area (Å²) >= 11 is 0.